The number of rotatable bonds is 2. The van der Waals surface area contributed by atoms with Gasteiger partial charge in [-0.25, -0.2) is 9.89 Å². The van der Waals surface area contributed by atoms with Crippen molar-refractivity contribution in [2.75, 3.05) is 31.2 Å². The van der Waals surface area contributed by atoms with E-state index in [1.165, 1.54) is 0 Å². The molecular formula is C18H17N3O3. The highest BCUT2D eigenvalue weighted by atomic mass is 16.5. The predicted octanol–water partition coefficient (Wildman–Crippen LogP) is 2.36. The van der Waals surface area contributed by atoms with Gasteiger partial charge in [0.05, 0.1) is 25.2 Å². The summed E-state index contributed by atoms with van der Waals surface area (Å²) in [5.74, 6) is 1.10. The number of amides is 1. The van der Waals surface area contributed by atoms with Crippen LogP contribution in [0.25, 0.3) is 6.08 Å². The van der Waals surface area contributed by atoms with Gasteiger partial charge in [0.15, 0.2) is 0 Å². The maximum Gasteiger partial charge on any atom is 0.284 e. The fourth-order valence-electron chi connectivity index (χ4n) is 2.80. The topological polar surface area (TPSA) is 58.3 Å². The van der Waals surface area contributed by atoms with Crippen molar-refractivity contribution < 1.29 is 13.9 Å². The molecule has 0 aliphatic carbocycles. The van der Waals surface area contributed by atoms with E-state index in [1.807, 2.05) is 30.3 Å². The van der Waals surface area contributed by atoms with Crippen LogP contribution in [-0.2, 0) is 9.53 Å². The zero-order valence-corrected chi connectivity index (χ0v) is 13.1. The number of hydrogen-bond acceptors (Lipinski definition) is 5. The lowest BCUT2D eigenvalue weighted by molar-refractivity contribution is -0.113. The molecule has 6 nitrogen and oxygen atoms in total. The molecule has 2 aromatic rings. The number of carbonyl (C=O) groups is 1. The Morgan fingerprint density at radius 3 is 2.54 bits per heavy atom. The number of para-hydroxylation sites is 1. The molecule has 2 aliphatic rings. The van der Waals surface area contributed by atoms with Crippen molar-refractivity contribution in [3.8, 4) is 0 Å². The Hall–Kier alpha value is -2.86. The molecule has 1 saturated heterocycles. The minimum absolute atomic E-state index is 0.154. The summed E-state index contributed by atoms with van der Waals surface area (Å²) < 4.78 is 10.7. The first-order valence-electron chi connectivity index (χ1n) is 7.89. The van der Waals surface area contributed by atoms with E-state index < -0.39 is 0 Å². The number of ether oxygens (including phenoxy) is 1. The van der Waals surface area contributed by atoms with E-state index in [9.17, 15) is 4.79 Å². The van der Waals surface area contributed by atoms with Crippen molar-refractivity contribution in [3.63, 3.8) is 0 Å². The fraction of sp³-hybridized carbons (Fsp3) is 0.222. The van der Waals surface area contributed by atoms with Crippen molar-refractivity contribution in [2.24, 2.45) is 4.99 Å². The summed E-state index contributed by atoms with van der Waals surface area (Å²) >= 11 is 0. The second-order valence-corrected chi connectivity index (χ2v) is 5.53. The van der Waals surface area contributed by atoms with Gasteiger partial charge in [-0.15, -0.1) is 0 Å². The Balaban J connectivity index is 1.74. The van der Waals surface area contributed by atoms with E-state index in [-0.39, 0.29) is 5.91 Å². The van der Waals surface area contributed by atoms with Gasteiger partial charge in [-0.05, 0) is 24.3 Å². The van der Waals surface area contributed by atoms with E-state index in [2.05, 4.69) is 9.89 Å². The second-order valence-electron chi connectivity index (χ2n) is 5.53. The summed E-state index contributed by atoms with van der Waals surface area (Å²) in [7, 11) is 0. The molecule has 0 N–H and O–H groups in total. The van der Waals surface area contributed by atoms with Crippen LogP contribution in [0.3, 0.4) is 0 Å². The minimum atomic E-state index is -0.154. The summed E-state index contributed by atoms with van der Waals surface area (Å²) in [5.41, 5.74) is 1.17. The van der Waals surface area contributed by atoms with Crippen molar-refractivity contribution in [2.45, 2.75) is 0 Å². The smallest absolute Gasteiger partial charge is 0.284 e. The van der Waals surface area contributed by atoms with E-state index in [0.717, 1.165) is 5.69 Å². The quantitative estimate of drug-likeness (QED) is 0.796. The molecule has 24 heavy (non-hydrogen) atoms. The standard InChI is InChI=1S/C18H17N3O3/c22-17-16(13-15-7-4-10-24-15)19-18(20-8-11-23-12-9-20)21(17)14-5-2-1-3-6-14/h1-7,10,13H,8-9,11-12H2/b16-13-. The lowest BCUT2D eigenvalue weighted by Gasteiger charge is -2.32. The van der Waals surface area contributed by atoms with Crippen molar-refractivity contribution >= 4 is 23.6 Å². The van der Waals surface area contributed by atoms with E-state index in [4.69, 9.17) is 9.15 Å². The van der Waals surface area contributed by atoms with Gasteiger partial charge in [0.25, 0.3) is 5.91 Å². The van der Waals surface area contributed by atoms with Gasteiger partial charge in [-0.1, -0.05) is 18.2 Å². The van der Waals surface area contributed by atoms with Crippen LogP contribution in [0.4, 0.5) is 5.69 Å². The molecule has 1 aromatic heterocycles. The Labute approximate surface area is 139 Å². The van der Waals surface area contributed by atoms with Gasteiger partial charge in [-0.2, -0.15) is 0 Å². The second kappa shape index (κ2) is 6.33. The third kappa shape index (κ3) is 2.72. The maximum absolute atomic E-state index is 12.9. The summed E-state index contributed by atoms with van der Waals surface area (Å²) in [6.45, 7) is 2.69. The number of nitrogens with zero attached hydrogens (tertiary/aromatic N) is 3. The zero-order valence-electron chi connectivity index (χ0n) is 13.1. The summed E-state index contributed by atoms with van der Waals surface area (Å²) in [5, 5.41) is 0. The molecule has 0 bridgehead atoms. The monoisotopic (exact) mass is 323 g/mol. The average molecular weight is 323 g/mol. The lowest BCUT2D eigenvalue weighted by Crippen LogP contribution is -2.48. The largest absolute Gasteiger partial charge is 0.465 e. The number of furan rings is 1. The maximum atomic E-state index is 12.9. The number of morpholine rings is 1. The van der Waals surface area contributed by atoms with Crippen LogP contribution in [0.15, 0.2) is 63.8 Å². The van der Waals surface area contributed by atoms with Gasteiger partial charge in [0, 0.05) is 19.2 Å². The van der Waals surface area contributed by atoms with Gasteiger partial charge >= 0.3 is 0 Å². The Kier molecular flexibility index (Phi) is 3.88. The van der Waals surface area contributed by atoms with E-state index in [1.54, 1.807) is 29.4 Å². The highest BCUT2D eigenvalue weighted by Gasteiger charge is 2.35. The predicted molar refractivity (Wildman–Crippen MR) is 90.4 cm³/mol. The molecule has 2 aliphatic heterocycles. The van der Waals surface area contributed by atoms with Gasteiger partial charge in [0.2, 0.25) is 5.96 Å². The molecule has 1 amide bonds. The van der Waals surface area contributed by atoms with Gasteiger partial charge in [-0.3, -0.25) is 4.79 Å². The molecular weight excluding hydrogens is 306 g/mol. The summed E-state index contributed by atoms with van der Waals surface area (Å²) in [6, 6.07) is 13.1. The molecule has 0 atom stereocenters. The van der Waals surface area contributed by atoms with Crippen LogP contribution < -0.4 is 4.90 Å². The van der Waals surface area contributed by atoms with Crippen molar-refractivity contribution in [1.82, 2.24) is 4.90 Å². The zero-order chi connectivity index (χ0) is 16.4. The number of aliphatic imine (C=N–C) groups is 1. The van der Waals surface area contributed by atoms with E-state index in [0.29, 0.717) is 43.7 Å². The normalized spacial score (nSPS) is 19.9. The Morgan fingerprint density at radius 1 is 1.04 bits per heavy atom. The average Bonchev–Trinajstić information content (AvgIpc) is 3.25. The number of guanidine groups is 1. The van der Waals surface area contributed by atoms with Crippen LogP contribution >= 0.6 is 0 Å². The molecule has 0 radical (unpaired) electrons. The van der Waals surface area contributed by atoms with Crippen molar-refractivity contribution in [3.05, 3.63) is 60.2 Å². The van der Waals surface area contributed by atoms with Crippen LogP contribution in [0, 0.1) is 0 Å². The fourth-order valence-corrected chi connectivity index (χ4v) is 2.80. The SMILES string of the molecule is O=C1/C(=C/c2ccco2)N=C(N2CCOCC2)N1c1ccccc1. The number of benzene rings is 1. The van der Waals surface area contributed by atoms with E-state index >= 15 is 0 Å². The van der Waals surface area contributed by atoms with Crippen LogP contribution in [-0.4, -0.2) is 43.1 Å². The number of carbonyl (C=O) groups excluding carboxylic acids is 1. The third-order valence-corrected chi connectivity index (χ3v) is 3.97. The first-order chi connectivity index (χ1) is 11.8. The minimum Gasteiger partial charge on any atom is -0.465 e. The first-order valence-corrected chi connectivity index (χ1v) is 7.89. The third-order valence-electron chi connectivity index (χ3n) is 3.97. The van der Waals surface area contributed by atoms with Crippen LogP contribution in [0.2, 0.25) is 0 Å². The molecule has 3 heterocycles. The van der Waals surface area contributed by atoms with Crippen LogP contribution in [0.1, 0.15) is 5.76 Å². The molecule has 4 rings (SSSR count). The summed E-state index contributed by atoms with van der Waals surface area (Å²) in [6.07, 6.45) is 3.25. The molecule has 0 unspecified atom stereocenters. The van der Waals surface area contributed by atoms with Crippen LogP contribution in [0.5, 0.6) is 0 Å². The summed E-state index contributed by atoms with van der Waals surface area (Å²) in [4.78, 5) is 21.3. The number of hydrogen-bond donors (Lipinski definition) is 0. The molecule has 1 aromatic carbocycles. The van der Waals surface area contributed by atoms with Gasteiger partial charge < -0.3 is 14.1 Å². The molecule has 0 saturated carbocycles. The number of anilines is 1. The molecule has 0 spiro atoms. The Morgan fingerprint density at radius 2 is 1.83 bits per heavy atom. The highest BCUT2D eigenvalue weighted by Crippen LogP contribution is 2.26. The molecule has 1 fully saturated rings. The van der Waals surface area contributed by atoms with Crippen molar-refractivity contribution in [1.29, 1.82) is 0 Å². The Bertz CT molecular complexity index is 775. The lowest BCUT2D eigenvalue weighted by atomic mass is 10.2. The molecule has 6 heteroatoms. The molecule has 122 valence electrons. The highest BCUT2D eigenvalue weighted by molar-refractivity contribution is 6.28. The van der Waals surface area contributed by atoms with Gasteiger partial charge in [0.1, 0.15) is 11.5 Å². The first kappa shape index (κ1) is 14.7.